The lowest BCUT2D eigenvalue weighted by Crippen LogP contribution is -2.50. The van der Waals surface area contributed by atoms with Gasteiger partial charge in [-0.1, -0.05) is 80.9 Å². The van der Waals surface area contributed by atoms with Crippen molar-refractivity contribution >= 4 is 67.1 Å². The van der Waals surface area contributed by atoms with Crippen LogP contribution in [0.2, 0.25) is 0 Å². The lowest BCUT2D eigenvalue weighted by atomic mass is 9.91. The van der Waals surface area contributed by atoms with Crippen molar-refractivity contribution < 1.29 is 45.5 Å². The number of carbonyl (C=O) groups excluding carboxylic acids is 4. The van der Waals surface area contributed by atoms with Gasteiger partial charge in [0.1, 0.15) is 0 Å². The van der Waals surface area contributed by atoms with Gasteiger partial charge in [0.25, 0.3) is 0 Å². The van der Waals surface area contributed by atoms with E-state index in [9.17, 15) is 36.0 Å². The molecule has 0 unspecified atom stereocenters. The molecular weight excluding hydrogens is 893 g/mol. The minimum atomic E-state index is -3.82. The molecule has 2 heterocycles. The zero-order valence-electron chi connectivity index (χ0n) is 38.4. The molecule has 5 rings (SSSR count). The van der Waals surface area contributed by atoms with Gasteiger partial charge in [-0.05, 0) is 95.2 Å². The molecule has 2 aliphatic heterocycles. The highest BCUT2D eigenvalue weighted by Crippen LogP contribution is 2.30. The van der Waals surface area contributed by atoms with Gasteiger partial charge in [-0.25, -0.2) is 16.8 Å². The first-order valence-corrected chi connectivity index (χ1v) is 27.3. The molecule has 0 N–H and O–H groups in total. The third-order valence-corrected chi connectivity index (χ3v) is 16.7. The number of hydrogen-bond donors (Lipinski definition) is 0. The molecule has 0 radical (unpaired) electrons. The average Bonchev–Trinajstić information content (AvgIpc) is 3.26. The number of hydrogen-bond acceptors (Lipinski definition) is 12. The Labute approximate surface area is 390 Å². The van der Waals surface area contributed by atoms with Gasteiger partial charge in [0, 0.05) is 48.9 Å². The van der Waals surface area contributed by atoms with E-state index in [0.29, 0.717) is 35.9 Å². The van der Waals surface area contributed by atoms with Crippen molar-refractivity contribution in [3.05, 3.63) is 95.6 Å². The van der Waals surface area contributed by atoms with Crippen molar-refractivity contribution in [1.29, 1.82) is 0 Å². The molecule has 3 aromatic carbocycles. The maximum atomic E-state index is 13.4. The number of rotatable bonds is 19. The first-order chi connectivity index (χ1) is 30.2. The van der Waals surface area contributed by atoms with Crippen LogP contribution in [0.15, 0.2) is 88.7 Å². The summed E-state index contributed by atoms with van der Waals surface area (Å²) in [5, 5.41) is 0. The Morgan fingerprint density at radius 1 is 0.625 bits per heavy atom. The summed E-state index contributed by atoms with van der Waals surface area (Å²) in [6.45, 7) is 15.5. The molecular formula is C48H66N2O10S4. The first-order valence-electron chi connectivity index (χ1n) is 22.1. The summed E-state index contributed by atoms with van der Waals surface area (Å²) in [6, 6.07) is 21.4. The minimum Gasteiger partial charge on any atom is -0.463 e. The number of thioether (sulfide) groups is 2. The molecule has 0 aliphatic carbocycles. The van der Waals surface area contributed by atoms with Crippen LogP contribution in [0.25, 0.3) is 0 Å². The number of nitrogens with zero attached hydrogens (tertiary/aromatic N) is 2. The van der Waals surface area contributed by atoms with Gasteiger partial charge in [0.2, 0.25) is 20.0 Å². The maximum Gasteiger partial charge on any atom is 0.309 e. The smallest absolute Gasteiger partial charge is 0.309 e. The summed E-state index contributed by atoms with van der Waals surface area (Å²) in [5.74, 6) is -0.252. The number of ketones is 2. The number of aryl methyl sites for hydroxylation is 2. The summed E-state index contributed by atoms with van der Waals surface area (Å²) in [7, 11) is -7.62. The van der Waals surface area contributed by atoms with Crippen molar-refractivity contribution in [1.82, 2.24) is 8.61 Å². The summed E-state index contributed by atoms with van der Waals surface area (Å²) < 4.78 is 66.7. The molecule has 0 spiro atoms. The van der Waals surface area contributed by atoms with Crippen molar-refractivity contribution in [2.45, 2.75) is 122 Å². The second kappa shape index (κ2) is 24.8. The molecule has 352 valence electrons. The van der Waals surface area contributed by atoms with Crippen LogP contribution in [0.3, 0.4) is 0 Å². The van der Waals surface area contributed by atoms with Crippen molar-refractivity contribution in [3.63, 3.8) is 0 Å². The van der Waals surface area contributed by atoms with Crippen LogP contribution in [0.4, 0.5) is 0 Å². The zero-order valence-corrected chi connectivity index (χ0v) is 41.7. The third-order valence-electron chi connectivity index (χ3n) is 10.8. The molecule has 3 aromatic rings. The van der Waals surface area contributed by atoms with E-state index in [1.165, 1.54) is 8.61 Å². The summed E-state index contributed by atoms with van der Waals surface area (Å²) in [4.78, 5) is 52.4. The first kappa shape index (κ1) is 53.1. The molecule has 2 fully saturated rings. The fourth-order valence-corrected chi connectivity index (χ4v) is 13.3. The Kier molecular flexibility index (Phi) is 20.6. The molecule has 0 bridgehead atoms. The van der Waals surface area contributed by atoms with Gasteiger partial charge < -0.3 is 9.47 Å². The van der Waals surface area contributed by atoms with Gasteiger partial charge in [0.15, 0.2) is 11.6 Å². The molecule has 4 atom stereocenters. The normalized spacial score (nSPS) is 18.5. The highest BCUT2D eigenvalue weighted by molar-refractivity contribution is 7.99. The van der Waals surface area contributed by atoms with Crippen LogP contribution in [-0.2, 0) is 61.5 Å². The fourth-order valence-electron chi connectivity index (χ4n) is 7.52. The number of esters is 2. The van der Waals surface area contributed by atoms with Crippen molar-refractivity contribution in [3.8, 4) is 0 Å². The average molecular weight is 959 g/mol. The predicted molar refractivity (Wildman–Crippen MR) is 255 cm³/mol. The number of benzene rings is 3. The van der Waals surface area contributed by atoms with Crippen LogP contribution >= 0.6 is 23.5 Å². The predicted octanol–water partition coefficient (Wildman–Crippen LogP) is 7.80. The van der Waals surface area contributed by atoms with E-state index in [0.717, 1.165) is 23.1 Å². The maximum absolute atomic E-state index is 13.4. The Balaban J connectivity index is 0.000000281. The van der Waals surface area contributed by atoms with Crippen LogP contribution in [0.5, 0.6) is 0 Å². The monoisotopic (exact) mass is 958 g/mol. The Hall–Kier alpha value is -3.54. The standard InChI is InChI=1S/C25H31NO5S2.C23H35NO5S2/c1-18(2)31-25(28)21(15-20-7-5-4-6-8-20)16-24(27)23-17-32-14-13-26(23)33(29,30)22-11-9-19(3)10-12-22;1-6-18-7-9-20(10-8-18)31(27,28)24-11-12-30-15-21(24)22(25)14-19(13-16(2)3)23(26)29-17(4)5/h4-12,18,21,23H,13-17H2,1-3H3;7-10,16-17,19,21H,6,11-15H2,1-5H3/t21-,23-;19-,21-/m00/s1. The van der Waals surface area contributed by atoms with E-state index in [2.05, 4.69) is 0 Å². The van der Waals surface area contributed by atoms with Crippen molar-refractivity contribution in [2.75, 3.05) is 36.1 Å². The van der Waals surface area contributed by atoms with Gasteiger partial charge in [-0.3, -0.25) is 19.2 Å². The number of sulfonamides is 2. The zero-order chi connectivity index (χ0) is 47.2. The Morgan fingerprint density at radius 3 is 1.50 bits per heavy atom. The van der Waals surface area contributed by atoms with E-state index >= 15 is 0 Å². The van der Waals surface area contributed by atoms with Crippen LogP contribution in [0.1, 0.15) is 84.4 Å². The van der Waals surface area contributed by atoms with E-state index < -0.39 is 49.9 Å². The molecule has 0 saturated carbocycles. The van der Waals surface area contributed by atoms with Gasteiger partial charge in [-0.2, -0.15) is 32.1 Å². The highest BCUT2D eigenvalue weighted by Gasteiger charge is 2.41. The van der Waals surface area contributed by atoms with Crippen molar-refractivity contribution in [2.24, 2.45) is 17.8 Å². The molecule has 64 heavy (non-hydrogen) atoms. The second-order valence-corrected chi connectivity index (χ2v) is 23.3. The SMILES string of the molecule is CCc1ccc(S(=O)(=O)N2CCSC[C@H]2C(=O)C[C@H](CC(C)C)C(=O)OC(C)C)cc1.Cc1ccc(S(=O)(=O)N2CCSC[C@H]2C(=O)C[C@H](Cc2ccccc2)C(=O)OC(C)C)cc1. The lowest BCUT2D eigenvalue weighted by Gasteiger charge is -2.34. The summed E-state index contributed by atoms with van der Waals surface area (Å²) in [5.41, 5.74) is 2.95. The van der Waals surface area contributed by atoms with E-state index in [1.807, 2.05) is 70.2 Å². The van der Waals surface area contributed by atoms with E-state index in [4.69, 9.17) is 9.47 Å². The quantitative estimate of drug-likeness (QED) is 0.107. The molecule has 2 saturated heterocycles. The summed E-state index contributed by atoms with van der Waals surface area (Å²) in [6.07, 6.45) is 1.10. The molecule has 12 nitrogen and oxygen atoms in total. The number of carbonyl (C=O) groups is 4. The fraction of sp³-hybridized carbons (Fsp3) is 0.542. The minimum absolute atomic E-state index is 0.00421. The Morgan fingerprint density at radius 2 is 1.06 bits per heavy atom. The van der Waals surface area contributed by atoms with E-state index in [-0.39, 0.29) is 71.4 Å². The topological polar surface area (TPSA) is 162 Å². The largest absolute Gasteiger partial charge is 0.463 e. The van der Waals surface area contributed by atoms with E-state index in [1.54, 1.807) is 87.6 Å². The van der Waals surface area contributed by atoms with Gasteiger partial charge in [-0.15, -0.1) is 0 Å². The lowest BCUT2D eigenvalue weighted by molar-refractivity contribution is -0.155. The molecule has 16 heteroatoms. The van der Waals surface area contributed by atoms with Crippen LogP contribution < -0.4 is 0 Å². The number of Topliss-reactive ketones (excluding diaryl/α,β-unsaturated/α-hetero) is 2. The number of ether oxygens (including phenoxy) is 2. The molecule has 0 aromatic heterocycles. The van der Waals surface area contributed by atoms with Crippen LogP contribution in [0, 0.1) is 24.7 Å². The van der Waals surface area contributed by atoms with Crippen LogP contribution in [-0.4, -0.2) is 109 Å². The van der Waals surface area contributed by atoms with Gasteiger partial charge in [0.05, 0.1) is 45.9 Å². The van der Waals surface area contributed by atoms with Gasteiger partial charge >= 0.3 is 11.9 Å². The molecule has 0 amide bonds. The Bertz CT molecular complexity index is 2220. The second-order valence-electron chi connectivity index (χ2n) is 17.2. The molecule has 2 aliphatic rings. The summed E-state index contributed by atoms with van der Waals surface area (Å²) >= 11 is 3.13. The third kappa shape index (κ3) is 15.3. The highest BCUT2D eigenvalue weighted by atomic mass is 32.2.